The molecule has 2 N–H and O–H groups in total. The lowest BCUT2D eigenvalue weighted by atomic mass is 10.0. The third-order valence-corrected chi connectivity index (χ3v) is 4.14. The van der Waals surface area contributed by atoms with E-state index in [4.69, 9.17) is 0 Å². The topological polar surface area (TPSA) is 62.5 Å². The maximum atomic E-state index is 10.5. The van der Waals surface area contributed by atoms with Crippen molar-refractivity contribution in [2.45, 2.75) is 32.9 Å². The number of hydrogen-bond donors (Lipinski definition) is 2. The molecule has 0 saturated carbocycles. The van der Waals surface area contributed by atoms with Crippen LogP contribution in [0.2, 0.25) is 0 Å². The monoisotopic (exact) mass is 310 g/mol. The number of aryl methyl sites for hydroxylation is 2. The minimum atomic E-state index is -0.545. The number of aromatic nitrogens is 3. The first-order valence-electron chi connectivity index (χ1n) is 7.84. The molecule has 0 aliphatic heterocycles. The molecule has 3 aromatic rings. The molecule has 2 heterocycles. The quantitative estimate of drug-likeness (QED) is 0.760. The highest BCUT2D eigenvalue weighted by molar-refractivity contribution is 5.37. The zero-order valence-corrected chi connectivity index (χ0v) is 13.7. The summed E-state index contributed by atoms with van der Waals surface area (Å²) in [6, 6.07) is 12.0. The number of fused-ring (bicyclic) bond motifs is 1. The van der Waals surface area contributed by atoms with E-state index < -0.39 is 6.10 Å². The van der Waals surface area contributed by atoms with E-state index >= 15 is 0 Å². The highest BCUT2D eigenvalue weighted by Crippen LogP contribution is 2.20. The molecule has 3 rings (SSSR count). The van der Waals surface area contributed by atoms with E-state index in [1.54, 1.807) is 0 Å². The first-order valence-corrected chi connectivity index (χ1v) is 7.84. The smallest absolute Gasteiger partial charge is 0.160 e. The lowest BCUT2D eigenvalue weighted by molar-refractivity contribution is 0.169. The van der Waals surface area contributed by atoms with Crippen LogP contribution in [0.15, 0.2) is 42.6 Å². The molecule has 5 heteroatoms. The highest BCUT2D eigenvalue weighted by atomic mass is 16.3. The average Bonchev–Trinajstić information content (AvgIpc) is 2.98. The van der Waals surface area contributed by atoms with Crippen LogP contribution in [0.1, 0.15) is 41.6 Å². The molecule has 2 aromatic heterocycles. The summed E-state index contributed by atoms with van der Waals surface area (Å²) in [5, 5.41) is 22.2. The number of aliphatic hydroxyl groups is 1. The van der Waals surface area contributed by atoms with Crippen molar-refractivity contribution in [2.75, 3.05) is 6.54 Å². The second kappa shape index (κ2) is 6.48. The van der Waals surface area contributed by atoms with Crippen molar-refractivity contribution < 1.29 is 5.11 Å². The second-order valence-corrected chi connectivity index (χ2v) is 5.99. The molecule has 23 heavy (non-hydrogen) atoms. The minimum absolute atomic E-state index is 0.00725. The van der Waals surface area contributed by atoms with Gasteiger partial charge >= 0.3 is 0 Å². The van der Waals surface area contributed by atoms with Crippen LogP contribution in [-0.2, 0) is 0 Å². The van der Waals surface area contributed by atoms with Crippen molar-refractivity contribution in [2.24, 2.45) is 0 Å². The Morgan fingerprint density at radius 3 is 2.83 bits per heavy atom. The van der Waals surface area contributed by atoms with Gasteiger partial charge in [0.15, 0.2) is 11.5 Å². The molecule has 0 aliphatic rings. The number of rotatable bonds is 5. The SMILES string of the molecule is Cc1ccc(C)c([C@H](O)CN[C@H](C)c2nnc3ccccn23)c1. The lowest BCUT2D eigenvalue weighted by Crippen LogP contribution is -2.26. The van der Waals surface area contributed by atoms with Gasteiger partial charge in [0, 0.05) is 12.7 Å². The Kier molecular flexibility index (Phi) is 4.41. The largest absolute Gasteiger partial charge is 0.387 e. The Morgan fingerprint density at radius 2 is 2.00 bits per heavy atom. The molecule has 0 fully saturated rings. The van der Waals surface area contributed by atoms with E-state index in [1.807, 2.05) is 61.7 Å². The fourth-order valence-electron chi connectivity index (χ4n) is 2.76. The van der Waals surface area contributed by atoms with Crippen molar-refractivity contribution in [3.05, 3.63) is 65.1 Å². The van der Waals surface area contributed by atoms with Crippen LogP contribution >= 0.6 is 0 Å². The number of hydrogen-bond acceptors (Lipinski definition) is 4. The summed E-state index contributed by atoms with van der Waals surface area (Å²) in [5.41, 5.74) is 4.05. The van der Waals surface area contributed by atoms with Gasteiger partial charge in [-0.1, -0.05) is 29.8 Å². The zero-order valence-electron chi connectivity index (χ0n) is 13.7. The molecule has 0 radical (unpaired) electrons. The van der Waals surface area contributed by atoms with Gasteiger partial charge in [-0.25, -0.2) is 0 Å². The number of nitrogens with one attached hydrogen (secondary N) is 1. The van der Waals surface area contributed by atoms with Gasteiger partial charge in [0.25, 0.3) is 0 Å². The van der Waals surface area contributed by atoms with Crippen molar-refractivity contribution in [1.82, 2.24) is 19.9 Å². The Morgan fingerprint density at radius 1 is 1.17 bits per heavy atom. The fraction of sp³-hybridized carbons (Fsp3) is 0.333. The lowest BCUT2D eigenvalue weighted by Gasteiger charge is -2.18. The van der Waals surface area contributed by atoms with Gasteiger partial charge in [-0.2, -0.15) is 0 Å². The summed E-state index contributed by atoms with van der Waals surface area (Å²) in [6.07, 6.45) is 1.40. The predicted molar refractivity (Wildman–Crippen MR) is 90.3 cm³/mol. The number of benzene rings is 1. The van der Waals surface area contributed by atoms with Crippen LogP contribution in [0, 0.1) is 13.8 Å². The number of nitrogens with zero attached hydrogens (tertiary/aromatic N) is 3. The maximum Gasteiger partial charge on any atom is 0.160 e. The van der Waals surface area contributed by atoms with Crippen molar-refractivity contribution in [3.8, 4) is 0 Å². The normalized spacial score (nSPS) is 14.1. The summed E-state index contributed by atoms with van der Waals surface area (Å²) in [5.74, 6) is 0.841. The minimum Gasteiger partial charge on any atom is -0.387 e. The second-order valence-electron chi connectivity index (χ2n) is 5.99. The van der Waals surface area contributed by atoms with Gasteiger partial charge in [-0.15, -0.1) is 10.2 Å². The van der Waals surface area contributed by atoms with E-state index in [2.05, 4.69) is 21.6 Å². The summed E-state index contributed by atoms with van der Waals surface area (Å²) >= 11 is 0. The number of aliphatic hydroxyl groups excluding tert-OH is 1. The molecular weight excluding hydrogens is 288 g/mol. The van der Waals surface area contributed by atoms with E-state index in [-0.39, 0.29) is 6.04 Å². The molecule has 1 aromatic carbocycles. The third-order valence-electron chi connectivity index (χ3n) is 4.14. The Labute approximate surface area is 136 Å². The molecule has 2 atom stereocenters. The Hall–Kier alpha value is -2.24. The first kappa shape index (κ1) is 15.6. The maximum absolute atomic E-state index is 10.5. The van der Waals surface area contributed by atoms with Gasteiger partial charge in [0.05, 0.1) is 12.1 Å². The van der Waals surface area contributed by atoms with Gasteiger partial charge in [0.1, 0.15) is 0 Å². The van der Waals surface area contributed by atoms with E-state index in [0.29, 0.717) is 6.54 Å². The van der Waals surface area contributed by atoms with Crippen molar-refractivity contribution >= 4 is 5.65 Å². The van der Waals surface area contributed by atoms with E-state index in [0.717, 1.165) is 28.2 Å². The molecule has 5 nitrogen and oxygen atoms in total. The van der Waals surface area contributed by atoms with Crippen LogP contribution in [-0.4, -0.2) is 26.2 Å². The van der Waals surface area contributed by atoms with Gasteiger partial charge in [-0.3, -0.25) is 4.40 Å². The summed E-state index contributed by atoms with van der Waals surface area (Å²) in [7, 11) is 0. The molecule has 120 valence electrons. The third kappa shape index (κ3) is 3.25. The fourth-order valence-corrected chi connectivity index (χ4v) is 2.76. The van der Waals surface area contributed by atoms with Crippen LogP contribution in [0.4, 0.5) is 0 Å². The van der Waals surface area contributed by atoms with Crippen molar-refractivity contribution in [3.63, 3.8) is 0 Å². The molecule has 0 spiro atoms. The summed E-state index contributed by atoms with van der Waals surface area (Å²) < 4.78 is 1.96. The zero-order chi connectivity index (χ0) is 16.4. The molecule has 0 unspecified atom stereocenters. The summed E-state index contributed by atoms with van der Waals surface area (Å²) in [4.78, 5) is 0. The van der Waals surface area contributed by atoms with E-state index in [9.17, 15) is 5.11 Å². The average molecular weight is 310 g/mol. The molecule has 0 amide bonds. The van der Waals surface area contributed by atoms with Gasteiger partial charge in [0.2, 0.25) is 0 Å². The van der Waals surface area contributed by atoms with Crippen LogP contribution in [0.25, 0.3) is 5.65 Å². The Bertz CT molecular complexity index is 812. The first-order chi connectivity index (χ1) is 11.1. The molecule has 0 aliphatic carbocycles. The standard InChI is InChI=1S/C18H22N4O/c1-12-7-8-13(2)15(10-12)16(23)11-19-14(3)18-21-20-17-6-4-5-9-22(17)18/h4-10,14,16,19,23H,11H2,1-3H3/t14-,16-/m1/s1. The molecule has 0 saturated heterocycles. The predicted octanol–water partition coefficient (Wildman–Crippen LogP) is 2.73. The Balaban J connectivity index is 1.71. The summed E-state index contributed by atoms with van der Waals surface area (Å²) in [6.45, 7) is 6.55. The molecular formula is C18H22N4O. The van der Waals surface area contributed by atoms with Crippen LogP contribution in [0.5, 0.6) is 0 Å². The number of pyridine rings is 1. The highest BCUT2D eigenvalue weighted by Gasteiger charge is 2.16. The van der Waals surface area contributed by atoms with Crippen LogP contribution < -0.4 is 5.32 Å². The van der Waals surface area contributed by atoms with E-state index in [1.165, 1.54) is 0 Å². The van der Waals surface area contributed by atoms with Crippen molar-refractivity contribution in [1.29, 1.82) is 0 Å². The van der Waals surface area contributed by atoms with Gasteiger partial charge < -0.3 is 10.4 Å². The molecule has 0 bridgehead atoms. The van der Waals surface area contributed by atoms with Crippen LogP contribution in [0.3, 0.4) is 0 Å². The van der Waals surface area contributed by atoms with Gasteiger partial charge in [-0.05, 0) is 44.0 Å².